The van der Waals surface area contributed by atoms with Crippen molar-refractivity contribution in [1.82, 2.24) is 4.90 Å². The highest BCUT2D eigenvalue weighted by Crippen LogP contribution is 2.27. The van der Waals surface area contributed by atoms with Crippen molar-refractivity contribution in [3.05, 3.63) is 29.3 Å². The van der Waals surface area contributed by atoms with Gasteiger partial charge in [0.1, 0.15) is 5.75 Å². The summed E-state index contributed by atoms with van der Waals surface area (Å²) in [4.78, 5) is 14.6. The zero-order valence-corrected chi connectivity index (χ0v) is 12.7. The Hall–Kier alpha value is -1.55. The van der Waals surface area contributed by atoms with Gasteiger partial charge in [-0.15, -0.1) is 0 Å². The molecule has 0 aliphatic carbocycles. The molecule has 2 aliphatic heterocycles. The molecule has 1 aromatic rings. The number of ether oxygens (including phenoxy) is 1. The molecule has 0 bridgehead atoms. The van der Waals surface area contributed by atoms with Crippen molar-refractivity contribution in [1.29, 1.82) is 0 Å². The Kier molecular flexibility index (Phi) is 4.15. The molecule has 0 radical (unpaired) electrons. The molecule has 1 fully saturated rings. The Bertz CT molecular complexity index is 530. The molecule has 2 N–H and O–H groups in total. The third-order valence-corrected chi connectivity index (χ3v) is 4.68. The first-order chi connectivity index (χ1) is 10.2. The number of amides is 1. The zero-order valence-electron chi connectivity index (χ0n) is 12.7. The molecule has 1 amide bonds. The van der Waals surface area contributed by atoms with Crippen LogP contribution in [0.4, 0.5) is 0 Å². The Labute approximate surface area is 126 Å². The molecular formula is C17H24N2O2. The second-order valence-electron chi connectivity index (χ2n) is 6.32. The third kappa shape index (κ3) is 3.05. The second kappa shape index (κ2) is 6.06. The van der Waals surface area contributed by atoms with Gasteiger partial charge in [0.15, 0.2) is 0 Å². The summed E-state index contributed by atoms with van der Waals surface area (Å²) in [6, 6.07) is 6.32. The summed E-state index contributed by atoms with van der Waals surface area (Å²) in [5.74, 6) is 1.84. The number of hydrogen-bond donors (Lipinski definition) is 1. The van der Waals surface area contributed by atoms with Gasteiger partial charge in [-0.2, -0.15) is 0 Å². The zero-order chi connectivity index (χ0) is 14.8. The predicted octanol–water partition coefficient (Wildman–Crippen LogP) is 1.75. The number of fused-ring (bicyclic) bond motifs is 1. The van der Waals surface area contributed by atoms with E-state index in [1.165, 1.54) is 5.56 Å². The van der Waals surface area contributed by atoms with Crippen LogP contribution in [0.1, 0.15) is 30.9 Å². The summed E-state index contributed by atoms with van der Waals surface area (Å²) >= 11 is 0. The number of nitrogens with zero attached hydrogens (tertiary/aromatic N) is 1. The predicted molar refractivity (Wildman–Crippen MR) is 82.3 cm³/mol. The molecule has 2 heterocycles. The monoisotopic (exact) mass is 288 g/mol. The van der Waals surface area contributed by atoms with Gasteiger partial charge in [0.2, 0.25) is 5.91 Å². The summed E-state index contributed by atoms with van der Waals surface area (Å²) in [7, 11) is 0. The van der Waals surface area contributed by atoms with Gasteiger partial charge in [-0.1, -0.05) is 19.1 Å². The minimum atomic E-state index is 0.205. The van der Waals surface area contributed by atoms with Gasteiger partial charge >= 0.3 is 0 Å². The first-order valence-electron chi connectivity index (χ1n) is 7.91. The molecule has 114 valence electrons. The van der Waals surface area contributed by atoms with E-state index in [-0.39, 0.29) is 11.9 Å². The molecule has 2 unspecified atom stereocenters. The summed E-state index contributed by atoms with van der Waals surface area (Å²) < 4.78 is 5.51. The summed E-state index contributed by atoms with van der Waals surface area (Å²) in [5, 5.41) is 0. The Morgan fingerprint density at radius 3 is 3.14 bits per heavy atom. The van der Waals surface area contributed by atoms with E-state index in [4.69, 9.17) is 10.5 Å². The van der Waals surface area contributed by atoms with Gasteiger partial charge in [0.25, 0.3) is 0 Å². The molecule has 1 aromatic carbocycles. The molecule has 1 saturated heterocycles. The topological polar surface area (TPSA) is 55.6 Å². The van der Waals surface area contributed by atoms with E-state index in [9.17, 15) is 4.79 Å². The van der Waals surface area contributed by atoms with E-state index in [2.05, 4.69) is 13.0 Å². The van der Waals surface area contributed by atoms with Crippen LogP contribution in [0.3, 0.4) is 0 Å². The van der Waals surface area contributed by atoms with Crippen LogP contribution in [0.5, 0.6) is 5.75 Å². The summed E-state index contributed by atoms with van der Waals surface area (Å²) in [6.45, 7) is 4.40. The van der Waals surface area contributed by atoms with Gasteiger partial charge in [0.05, 0.1) is 13.0 Å². The normalized spacial score (nSPS) is 24.6. The van der Waals surface area contributed by atoms with Crippen LogP contribution >= 0.6 is 0 Å². The molecular weight excluding hydrogens is 264 g/mol. The van der Waals surface area contributed by atoms with Gasteiger partial charge in [-0.05, 0) is 36.0 Å². The van der Waals surface area contributed by atoms with Gasteiger partial charge < -0.3 is 15.4 Å². The Morgan fingerprint density at radius 1 is 1.48 bits per heavy atom. The van der Waals surface area contributed by atoms with Gasteiger partial charge in [0, 0.05) is 25.6 Å². The lowest BCUT2D eigenvalue weighted by atomic mass is 9.92. The number of likely N-dealkylation sites (tertiary alicyclic amines) is 1. The van der Waals surface area contributed by atoms with Crippen LogP contribution in [0.2, 0.25) is 0 Å². The first-order valence-corrected chi connectivity index (χ1v) is 7.91. The van der Waals surface area contributed by atoms with Crippen molar-refractivity contribution in [2.45, 2.75) is 38.6 Å². The third-order valence-electron chi connectivity index (χ3n) is 4.68. The van der Waals surface area contributed by atoms with Crippen molar-refractivity contribution in [3.8, 4) is 5.75 Å². The minimum Gasteiger partial charge on any atom is -0.493 e. The highest BCUT2D eigenvalue weighted by Gasteiger charge is 2.28. The van der Waals surface area contributed by atoms with Crippen molar-refractivity contribution >= 4 is 5.91 Å². The summed E-state index contributed by atoms with van der Waals surface area (Å²) in [5.41, 5.74) is 8.16. The standard InChI is InChI=1S/C17H24N2O2/c1-12-4-6-19(15(8-12)11-18)17(20)10-13-2-3-16-14(9-13)5-7-21-16/h2-3,9,12,15H,4-8,10-11,18H2,1H3. The van der Waals surface area contributed by atoms with Crippen LogP contribution in [-0.2, 0) is 17.6 Å². The van der Waals surface area contributed by atoms with Crippen LogP contribution in [0.25, 0.3) is 0 Å². The number of carbonyl (C=O) groups excluding carboxylic acids is 1. The molecule has 0 saturated carbocycles. The first kappa shape index (κ1) is 14.4. The average molecular weight is 288 g/mol. The highest BCUT2D eigenvalue weighted by atomic mass is 16.5. The maximum Gasteiger partial charge on any atom is 0.227 e. The van der Waals surface area contributed by atoms with E-state index in [1.807, 2.05) is 17.0 Å². The van der Waals surface area contributed by atoms with E-state index in [1.54, 1.807) is 0 Å². The number of piperidine rings is 1. The quantitative estimate of drug-likeness (QED) is 0.922. The largest absolute Gasteiger partial charge is 0.493 e. The van der Waals surface area contributed by atoms with Crippen LogP contribution in [-0.4, -0.2) is 36.5 Å². The molecule has 3 rings (SSSR count). The van der Waals surface area contributed by atoms with Gasteiger partial charge in [-0.25, -0.2) is 0 Å². The average Bonchev–Trinajstić information content (AvgIpc) is 2.94. The van der Waals surface area contributed by atoms with E-state index in [0.29, 0.717) is 18.9 Å². The SMILES string of the molecule is CC1CCN(C(=O)Cc2ccc3c(c2)CCO3)C(CN)C1. The van der Waals surface area contributed by atoms with Crippen molar-refractivity contribution in [2.75, 3.05) is 19.7 Å². The second-order valence-corrected chi connectivity index (χ2v) is 6.32. The van der Waals surface area contributed by atoms with Crippen molar-refractivity contribution < 1.29 is 9.53 Å². The maximum atomic E-state index is 12.6. The molecule has 0 aromatic heterocycles. The maximum absolute atomic E-state index is 12.6. The smallest absolute Gasteiger partial charge is 0.227 e. The molecule has 2 atom stereocenters. The number of hydrogen-bond acceptors (Lipinski definition) is 3. The van der Waals surface area contributed by atoms with E-state index in [0.717, 1.165) is 43.7 Å². The Balaban J connectivity index is 1.68. The van der Waals surface area contributed by atoms with Crippen molar-refractivity contribution in [2.24, 2.45) is 11.7 Å². The molecule has 4 nitrogen and oxygen atoms in total. The van der Waals surface area contributed by atoms with Crippen LogP contribution in [0.15, 0.2) is 18.2 Å². The number of carbonyl (C=O) groups is 1. The number of benzene rings is 1. The highest BCUT2D eigenvalue weighted by molar-refractivity contribution is 5.79. The Morgan fingerprint density at radius 2 is 2.33 bits per heavy atom. The molecule has 0 spiro atoms. The van der Waals surface area contributed by atoms with E-state index < -0.39 is 0 Å². The molecule has 4 heteroatoms. The number of nitrogens with two attached hydrogens (primary N) is 1. The van der Waals surface area contributed by atoms with Crippen molar-refractivity contribution in [3.63, 3.8) is 0 Å². The lowest BCUT2D eigenvalue weighted by molar-refractivity contribution is -0.134. The fourth-order valence-corrected chi connectivity index (χ4v) is 3.43. The summed E-state index contributed by atoms with van der Waals surface area (Å²) in [6.07, 6.45) is 3.53. The molecule has 21 heavy (non-hydrogen) atoms. The van der Waals surface area contributed by atoms with Crippen LogP contribution in [0, 0.1) is 5.92 Å². The van der Waals surface area contributed by atoms with Gasteiger partial charge in [-0.3, -0.25) is 4.79 Å². The lowest BCUT2D eigenvalue weighted by Crippen LogP contribution is -2.49. The fraction of sp³-hybridized carbons (Fsp3) is 0.588. The molecule has 2 aliphatic rings. The number of rotatable bonds is 3. The fourth-order valence-electron chi connectivity index (χ4n) is 3.43. The minimum absolute atomic E-state index is 0.205. The van der Waals surface area contributed by atoms with Crippen LogP contribution < -0.4 is 10.5 Å². The lowest BCUT2D eigenvalue weighted by Gasteiger charge is -2.38. The van der Waals surface area contributed by atoms with E-state index >= 15 is 0 Å².